The lowest BCUT2D eigenvalue weighted by Crippen LogP contribution is -2.17. The maximum absolute atomic E-state index is 12.9. The van der Waals surface area contributed by atoms with Crippen LogP contribution >= 0.6 is 0 Å². The fourth-order valence-electron chi connectivity index (χ4n) is 3.05. The molecule has 3 aromatic carbocycles. The van der Waals surface area contributed by atoms with E-state index in [1.54, 1.807) is 60.7 Å². The van der Waals surface area contributed by atoms with E-state index in [9.17, 15) is 9.59 Å². The monoisotopic (exact) mass is 436 g/mol. The van der Waals surface area contributed by atoms with Crippen LogP contribution in [0.25, 0.3) is 0 Å². The zero-order valence-electron chi connectivity index (χ0n) is 18.2. The van der Waals surface area contributed by atoms with Gasteiger partial charge in [0.2, 0.25) is 0 Å². The molecule has 0 saturated carbocycles. The normalized spacial score (nSPS) is 10.1. The molecule has 32 heavy (non-hydrogen) atoms. The molecule has 166 valence electrons. The van der Waals surface area contributed by atoms with Gasteiger partial charge in [0.15, 0.2) is 0 Å². The summed E-state index contributed by atoms with van der Waals surface area (Å²) in [7, 11) is 6.01. The molecule has 0 atom stereocenters. The van der Waals surface area contributed by atoms with Crippen molar-refractivity contribution in [3.05, 3.63) is 71.8 Å². The first-order valence-electron chi connectivity index (χ1n) is 9.66. The predicted octanol–water partition coefficient (Wildman–Crippen LogP) is 4.23. The number of para-hydroxylation sites is 2. The van der Waals surface area contributed by atoms with Gasteiger partial charge in [0.1, 0.15) is 23.0 Å². The molecule has 0 aliphatic heterocycles. The van der Waals surface area contributed by atoms with Crippen LogP contribution in [-0.2, 0) is 0 Å². The molecule has 0 fully saturated rings. The zero-order chi connectivity index (χ0) is 23.1. The third kappa shape index (κ3) is 4.92. The molecule has 0 heterocycles. The van der Waals surface area contributed by atoms with Crippen molar-refractivity contribution in [2.24, 2.45) is 0 Å². The number of amides is 2. The summed E-state index contributed by atoms with van der Waals surface area (Å²) in [5.41, 5.74) is 1.50. The van der Waals surface area contributed by atoms with Crippen LogP contribution in [0, 0.1) is 0 Å². The van der Waals surface area contributed by atoms with Crippen LogP contribution in [0.3, 0.4) is 0 Å². The summed E-state index contributed by atoms with van der Waals surface area (Å²) in [6.45, 7) is 0. The lowest BCUT2D eigenvalue weighted by Gasteiger charge is -2.15. The van der Waals surface area contributed by atoms with E-state index in [1.165, 1.54) is 28.4 Å². The van der Waals surface area contributed by atoms with E-state index < -0.39 is 11.8 Å². The van der Waals surface area contributed by atoms with Crippen molar-refractivity contribution >= 4 is 23.2 Å². The highest BCUT2D eigenvalue weighted by molar-refractivity contribution is 6.11. The molecule has 0 saturated heterocycles. The fraction of sp³-hybridized carbons (Fsp3) is 0.167. The first-order valence-corrected chi connectivity index (χ1v) is 9.66. The second kappa shape index (κ2) is 10.2. The number of ether oxygens (including phenoxy) is 4. The molecule has 0 radical (unpaired) electrons. The number of carbonyl (C=O) groups excluding carboxylic acids is 2. The third-order valence-electron chi connectivity index (χ3n) is 4.73. The summed E-state index contributed by atoms with van der Waals surface area (Å²) in [4.78, 5) is 25.8. The molecule has 0 aliphatic carbocycles. The van der Waals surface area contributed by atoms with Crippen molar-refractivity contribution < 1.29 is 28.5 Å². The van der Waals surface area contributed by atoms with Gasteiger partial charge < -0.3 is 29.6 Å². The Kier molecular flexibility index (Phi) is 7.17. The van der Waals surface area contributed by atoms with Gasteiger partial charge in [-0.15, -0.1) is 0 Å². The highest BCUT2D eigenvalue weighted by Gasteiger charge is 2.18. The number of rotatable bonds is 8. The molecule has 2 N–H and O–H groups in total. The first-order chi connectivity index (χ1) is 15.5. The molecule has 8 nitrogen and oxygen atoms in total. The third-order valence-corrected chi connectivity index (χ3v) is 4.73. The van der Waals surface area contributed by atoms with Gasteiger partial charge in [-0.1, -0.05) is 12.1 Å². The van der Waals surface area contributed by atoms with Crippen molar-refractivity contribution in [2.75, 3.05) is 39.1 Å². The van der Waals surface area contributed by atoms with Gasteiger partial charge >= 0.3 is 0 Å². The number of hydrogen-bond acceptors (Lipinski definition) is 6. The van der Waals surface area contributed by atoms with Crippen molar-refractivity contribution in [3.8, 4) is 23.0 Å². The van der Waals surface area contributed by atoms with Crippen molar-refractivity contribution in [1.82, 2.24) is 0 Å². The largest absolute Gasteiger partial charge is 0.497 e. The van der Waals surface area contributed by atoms with Crippen molar-refractivity contribution in [3.63, 3.8) is 0 Å². The number of hydrogen-bond donors (Lipinski definition) is 2. The van der Waals surface area contributed by atoms with Gasteiger partial charge in [0, 0.05) is 12.1 Å². The van der Waals surface area contributed by atoms with Crippen LogP contribution in [0.5, 0.6) is 23.0 Å². The number of nitrogens with one attached hydrogen (secondary N) is 2. The Morgan fingerprint density at radius 2 is 1.00 bits per heavy atom. The molecule has 0 unspecified atom stereocenters. The summed E-state index contributed by atoms with van der Waals surface area (Å²) in [5.74, 6) is 1.08. The van der Waals surface area contributed by atoms with Crippen LogP contribution in [0.1, 0.15) is 20.7 Å². The number of benzene rings is 3. The van der Waals surface area contributed by atoms with E-state index in [2.05, 4.69) is 10.6 Å². The van der Waals surface area contributed by atoms with Gasteiger partial charge in [0.05, 0.1) is 50.9 Å². The second-order valence-corrected chi connectivity index (χ2v) is 6.59. The number of anilines is 2. The van der Waals surface area contributed by atoms with Gasteiger partial charge in [0.25, 0.3) is 11.8 Å². The van der Waals surface area contributed by atoms with Crippen LogP contribution < -0.4 is 29.6 Å². The minimum absolute atomic E-state index is 0.325. The first kappa shape index (κ1) is 22.5. The van der Waals surface area contributed by atoms with Gasteiger partial charge in [-0.3, -0.25) is 9.59 Å². The van der Waals surface area contributed by atoms with Gasteiger partial charge in [-0.2, -0.15) is 0 Å². The van der Waals surface area contributed by atoms with Crippen LogP contribution in [0.2, 0.25) is 0 Å². The topological polar surface area (TPSA) is 95.1 Å². The molecule has 0 aromatic heterocycles. The molecule has 0 aliphatic rings. The Morgan fingerprint density at radius 3 is 1.34 bits per heavy atom. The highest BCUT2D eigenvalue weighted by Crippen LogP contribution is 2.29. The standard InChI is InChI=1S/C24H24N2O6/c1-29-15-9-11-17(21(13-15)31-3)23(27)25-19-7-5-6-8-20(19)26-24(28)18-12-10-16(30-2)14-22(18)32-4/h5-14H,1-4H3,(H,25,27)(H,26,28). The van der Waals surface area contributed by atoms with Crippen molar-refractivity contribution in [1.29, 1.82) is 0 Å². The molecule has 0 bridgehead atoms. The van der Waals surface area contributed by atoms with Crippen LogP contribution in [-0.4, -0.2) is 40.3 Å². The van der Waals surface area contributed by atoms with E-state index in [4.69, 9.17) is 18.9 Å². The van der Waals surface area contributed by atoms with E-state index in [0.29, 0.717) is 45.5 Å². The Bertz CT molecular complexity index is 1040. The lowest BCUT2D eigenvalue weighted by molar-refractivity contribution is 0.101. The minimum Gasteiger partial charge on any atom is -0.497 e. The fourth-order valence-corrected chi connectivity index (χ4v) is 3.05. The zero-order valence-corrected chi connectivity index (χ0v) is 18.2. The Balaban J connectivity index is 1.84. The summed E-state index contributed by atoms with van der Waals surface area (Å²) >= 11 is 0. The molecule has 3 rings (SSSR count). The molecule has 2 amide bonds. The Labute approximate surface area is 186 Å². The molecule has 0 spiro atoms. The average molecular weight is 436 g/mol. The van der Waals surface area contributed by atoms with Crippen molar-refractivity contribution in [2.45, 2.75) is 0 Å². The minimum atomic E-state index is -0.395. The van der Waals surface area contributed by atoms with Gasteiger partial charge in [-0.25, -0.2) is 0 Å². The van der Waals surface area contributed by atoms with E-state index in [0.717, 1.165) is 0 Å². The Morgan fingerprint density at radius 1 is 0.594 bits per heavy atom. The summed E-state index contributed by atoms with van der Waals surface area (Å²) in [6, 6.07) is 16.7. The van der Waals surface area contributed by atoms with Crippen LogP contribution in [0.4, 0.5) is 11.4 Å². The van der Waals surface area contributed by atoms with E-state index in [1.807, 2.05) is 0 Å². The lowest BCUT2D eigenvalue weighted by atomic mass is 10.1. The SMILES string of the molecule is COc1ccc(C(=O)Nc2ccccc2NC(=O)c2ccc(OC)cc2OC)c(OC)c1. The van der Waals surface area contributed by atoms with E-state index in [-0.39, 0.29) is 0 Å². The quantitative estimate of drug-likeness (QED) is 0.549. The summed E-state index contributed by atoms with van der Waals surface area (Å²) in [5, 5.41) is 5.63. The molecular weight excluding hydrogens is 412 g/mol. The van der Waals surface area contributed by atoms with Gasteiger partial charge in [-0.05, 0) is 36.4 Å². The summed E-state index contributed by atoms with van der Waals surface area (Å²) in [6.07, 6.45) is 0. The Hall–Kier alpha value is -4.20. The maximum Gasteiger partial charge on any atom is 0.259 e. The molecular formula is C24H24N2O6. The molecule has 8 heteroatoms. The van der Waals surface area contributed by atoms with Crippen LogP contribution in [0.15, 0.2) is 60.7 Å². The highest BCUT2D eigenvalue weighted by atomic mass is 16.5. The predicted molar refractivity (Wildman–Crippen MR) is 121 cm³/mol. The van der Waals surface area contributed by atoms with E-state index >= 15 is 0 Å². The smallest absolute Gasteiger partial charge is 0.259 e. The number of methoxy groups -OCH3 is 4. The average Bonchev–Trinajstić information content (AvgIpc) is 2.84. The summed E-state index contributed by atoms with van der Waals surface area (Å²) < 4.78 is 21.0. The second-order valence-electron chi connectivity index (χ2n) is 6.59. The molecule has 3 aromatic rings. The maximum atomic E-state index is 12.9. The number of carbonyl (C=O) groups is 2.